The molecule has 0 aromatic heterocycles. The summed E-state index contributed by atoms with van der Waals surface area (Å²) in [6.45, 7) is 2.09. The van der Waals surface area contributed by atoms with Gasteiger partial charge in [-0.15, -0.1) is 0 Å². The van der Waals surface area contributed by atoms with E-state index in [0.717, 1.165) is 12.1 Å². The third-order valence-electron chi connectivity index (χ3n) is 3.03. The second kappa shape index (κ2) is 6.30. The zero-order valence-electron chi connectivity index (χ0n) is 11.2. The van der Waals surface area contributed by atoms with Crippen LogP contribution in [0.25, 0.3) is 0 Å². The lowest BCUT2D eigenvalue weighted by Gasteiger charge is -2.07. The zero-order valence-corrected chi connectivity index (χ0v) is 12.0. The Labute approximate surface area is 123 Å². The van der Waals surface area contributed by atoms with Gasteiger partial charge in [0, 0.05) is 16.8 Å². The fourth-order valence-corrected chi connectivity index (χ4v) is 1.97. The molecule has 0 aliphatic carbocycles. The molecule has 0 saturated heterocycles. The first kappa shape index (κ1) is 14.2. The molecular weight excluding hydrogens is 268 g/mol. The summed E-state index contributed by atoms with van der Waals surface area (Å²) in [4.78, 5) is 12.4. The molecule has 0 atom stereocenters. The Morgan fingerprint density at radius 1 is 1.15 bits per heavy atom. The largest absolute Gasteiger partial charge is 0.389 e. The van der Waals surface area contributed by atoms with Crippen molar-refractivity contribution in [1.82, 2.24) is 0 Å². The van der Waals surface area contributed by atoms with Gasteiger partial charge in [-0.05, 0) is 36.2 Å². The fraction of sp³-hybridized carbons (Fsp3) is 0.125. The van der Waals surface area contributed by atoms with E-state index in [4.69, 9.17) is 18.0 Å². The molecule has 20 heavy (non-hydrogen) atoms. The first-order valence-corrected chi connectivity index (χ1v) is 6.81. The van der Waals surface area contributed by atoms with Crippen molar-refractivity contribution in [3.63, 3.8) is 0 Å². The van der Waals surface area contributed by atoms with Gasteiger partial charge in [0.15, 0.2) is 0 Å². The second-order valence-corrected chi connectivity index (χ2v) is 4.89. The van der Waals surface area contributed by atoms with E-state index in [1.165, 1.54) is 5.56 Å². The first-order chi connectivity index (χ1) is 9.60. The molecule has 3 N–H and O–H groups in total. The van der Waals surface area contributed by atoms with E-state index in [2.05, 4.69) is 12.2 Å². The minimum atomic E-state index is -0.174. The maximum Gasteiger partial charge on any atom is 0.255 e. The number of amides is 1. The molecule has 2 aromatic rings. The Morgan fingerprint density at radius 2 is 1.80 bits per heavy atom. The van der Waals surface area contributed by atoms with Crippen molar-refractivity contribution in [3.05, 3.63) is 65.2 Å². The highest BCUT2D eigenvalue weighted by Gasteiger charge is 2.07. The van der Waals surface area contributed by atoms with Gasteiger partial charge < -0.3 is 11.1 Å². The Morgan fingerprint density at radius 3 is 2.40 bits per heavy atom. The van der Waals surface area contributed by atoms with Crippen molar-refractivity contribution in [2.75, 3.05) is 5.32 Å². The monoisotopic (exact) mass is 284 g/mol. The number of hydrogen-bond acceptors (Lipinski definition) is 2. The van der Waals surface area contributed by atoms with Crippen molar-refractivity contribution < 1.29 is 4.79 Å². The minimum Gasteiger partial charge on any atom is -0.389 e. The Hall–Kier alpha value is -2.20. The number of hydrogen-bond donors (Lipinski definition) is 2. The van der Waals surface area contributed by atoms with Crippen molar-refractivity contribution in [3.8, 4) is 0 Å². The van der Waals surface area contributed by atoms with Crippen molar-refractivity contribution in [1.29, 1.82) is 0 Å². The Balaban J connectivity index is 2.14. The minimum absolute atomic E-state index is 0.174. The number of carbonyl (C=O) groups excluding carboxylic acids is 1. The van der Waals surface area contributed by atoms with Gasteiger partial charge in [-0.2, -0.15) is 0 Å². The number of benzene rings is 2. The third-order valence-corrected chi connectivity index (χ3v) is 3.27. The van der Waals surface area contributed by atoms with Crippen LogP contribution in [0.1, 0.15) is 28.4 Å². The lowest BCUT2D eigenvalue weighted by atomic mass is 10.1. The number of aryl methyl sites for hydroxylation is 1. The molecule has 0 bridgehead atoms. The first-order valence-electron chi connectivity index (χ1n) is 6.40. The van der Waals surface area contributed by atoms with Crippen molar-refractivity contribution in [2.45, 2.75) is 13.3 Å². The predicted octanol–water partition coefficient (Wildman–Crippen LogP) is 3.14. The van der Waals surface area contributed by atoms with Gasteiger partial charge in [0.1, 0.15) is 4.99 Å². The summed E-state index contributed by atoms with van der Waals surface area (Å²) in [5, 5.41) is 2.85. The van der Waals surface area contributed by atoms with Crippen LogP contribution in [0.3, 0.4) is 0 Å². The molecule has 0 aliphatic rings. The molecule has 0 spiro atoms. The van der Waals surface area contributed by atoms with E-state index < -0.39 is 0 Å². The maximum absolute atomic E-state index is 12.1. The number of carbonyl (C=O) groups is 1. The average Bonchev–Trinajstić information content (AvgIpc) is 2.48. The molecule has 0 fully saturated rings. The summed E-state index contributed by atoms with van der Waals surface area (Å²) in [6.07, 6.45) is 0.976. The normalized spacial score (nSPS) is 10.1. The van der Waals surface area contributed by atoms with Crippen LogP contribution >= 0.6 is 12.2 Å². The lowest BCUT2D eigenvalue weighted by Crippen LogP contribution is -2.14. The van der Waals surface area contributed by atoms with Gasteiger partial charge in [-0.25, -0.2) is 0 Å². The molecule has 2 rings (SSSR count). The van der Waals surface area contributed by atoms with Crippen LogP contribution in [-0.2, 0) is 6.42 Å². The molecule has 0 unspecified atom stereocenters. The highest BCUT2D eigenvalue weighted by atomic mass is 32.1. The van der Waals surface area contributed by atoms with Gasteiger partial charge in [-0.1, -0.05) is 43.4 Å². The van der Waals surface area contributed by atoms with E-state index in [0.29, 0.717) is 11.1 Å². The molecule has 0 saturated carbocycles. The second-order valence-electron chi connectivity index (χ2n) is 4.45. The Bertz CT molecular complexity index is 635. The van der Waals surface area contributed by atoms with Crippen LogP contribution in [0.5, 0.6) is 0 Å². The number of thiocarbonyl (C=S) groups is 1. The van der Waals surface area contributed by atoms with E-state index in [1.807, 2.05) is 24.3 Å². The molecule has 1 amide bonds. The molecule has 102 valence electrons. The van der Waals surface area contributed by atoms with Crippen LogP contribution in [-0.4, -0.2) is 10.9 Å². The van der Waals surface area contributed by atoms with E-state index >= 15 is 0 Å². The van der Waals surface area contributed by atoms with E-state index in [9.17, 15) is 4.79 Å². The fourth-order valence-electron chi connectivity index (χ4n) is 1.84. The smallest absolute Gasteiger partial charge is 0.255 e. The van der Waals surface area contributed by atoms with Gasteiger partial charge in [0.2, 0.25) is 0 Å². The summed E-state index contributed by atoms with van der Waals surface area (Å²) in [5.41, 5.74) is 8.80. The van der Waals surface area contributed by atoms with Crippen molar-refractivity contribution in [2.24, 2.45) is 5.73 Å². The molecule has 2 aromatic carbocycles. The summed E-state index contributed by atoms with van der Waals surface area (Å²) in [5.74, 6) is -0.174. The molecule has 0 radical (unpaired) electrons. The highest BCUT2D eigenvalue weighted by Crippen LogP contribution is 2.12. The van der Waals surface area contributed by atoms with Gasteiger partial charge in [0.25, 0.3) is 5.91 Å². The summed E-state index contributed by atoms with van der Waals surface area (Å²) in [7, 11) is 0. The number of nitrogens with two attached hydrogens (primary N) is 1. The van der Waals surface area contributed by atoms with Crippen molar-refractivity contribution >= 4 is 28.8 Å². The van der Waals surface area contributed by atoms with Crippen LogP contribution < -0.4 is 11.1 Å². The van der Waals surface area contributed by atoms with Crippen LogP contribution in [0.4, 0.5) is 5.69 Å². The van der Waals surface area contributed by atoms with Crippen LogP contribution in [0.15, 0.2) is 48.5 Å². The molecule has 4 heteroatoms. The standard InChI is InChI=1S/C16H16N2OS/c1-2-11-6-8-14(9-7-11)18-16(19)13-5-3-4-12(10-13)15(17)20/h3-10H,2H2,1H3,(H2,17,20)(H,18,19). The molecule has 3 nitrogen and oxygen atoms in total. The third kappa shape index (κ3) is 3.42. The maximum atomic E-state index is 12.1. The number of anilines is 1. The quantitative estimate of drug-likeness (QED) is 0.848. The molecule has 0 aliphatic heterocycles. The van der Waals surface area contributed by atoms with Crippen LogP contribution in [0, 0.1) is 0 Å². The molecular formula is C16H16N2OS. The topological polar surface area (TPSA) is 55.1 Å². The lowest BCUT2D eigenvalue weighted by molar-refractivity contribution is 0.102. The summed E-state index contributed by atoms with van der Waals surface area (Å²) in [6, 6.07) is 14.8. The van der Waals surface area contributed by atoms with Gasteiger partial charge in [-0.3, -0.25) is 4.79 Å². The van der Waals surface area contributed by atoms with Gasteiger partial charge >= 0.3 is 0 Å². The SMILES string of the molecule is CCc1ccc(NC(=O)c2cccc(C(N)=S)c2)cc1. The zero-order chi connectivity index (χ0) is 14.5. The summed E-state index contributed by atoms with van der Waals surface area (Å²) >= 11 is 4.91. The average molecular weight is 284 g/mol. The highest BCUT2D eigenvalue weighted by molar-refractivity contribution is 7.80. The van der Waals surface area contributed by atoms with Gasteiger partial charge in [0.05, 0.1) is 0 Å². The molecule has 0 heterocycles. The van der Waals surface area contributed by atoms with Crippen LogP contribution in [0.2, 0.25) is 0 Å². The predicted molar refractivity (Wildman–Crippen MR) is 86.1 cm³/mol. The van der Waals surface area contributed by atoms with E-state index in [1.54, 1.807) is 24.3 Å². The summed E-state index contributed by atoms with van der Waals surface area (Å²) < 4.78 is 0. The van der Waals surface area contributed by atoms with E-state index in [-0.39, 0.29) is 10.9 Å². The number of nitrogens with one attached hydrogen (secondary N) is 1. The Kier molecular flexibility index (Phi) is 4.48. The number of rotatable bonds is 4.